The monoisotopic (exact) mass is 288 g/mol. The quantitative estimate of drug-likeness (QED) is 0.552. The predicted octanol–water partition coefficient (Wildman–Crippen LogP) is 3.16. The molecule has 0 unspecified atom stereocenters. The number of anilines is 2. The van der Waals surface area contributed by atoms with Gasteiger partial charge in [-0.25, -0.2) is 9.97 Å². The van der Waals surface area contributed by atoms with E-state index in [0.29, 0.717) is 0 Å². The van der Waals surface area contributed by atoms with E-state index in [9.17, 15) is 0 Å². The molecule has 5 heteroatoms. The normalized spacial score (nSPS) is 10.6. The molecular formula is C15H17ClN4. The van der Waals surface area contributed by atoms with Crippen molar-refractivity contribution in [1.82, 2.24) is 9.97 Å². The van der Waals surface area contributed by atoms with Gasteiger partial charge in [0.2, 0.25) is 0 Å². The number of hydrogen-bond acceptors (Lipinski definition) is 4. The van der Waals surface area contributed by atoms with E-state index in [4.69, 9.17) is 5.73 Å². The van der Waals surface area contributed by atoms with E-state index < -0.39 is 0 Å². The smallest absolute Gasteiger partial charge is 0.0916 e. The second-order valence-electron chi connectivity index (χ2n) is 5.01. The van der Waals surface area contributed by atoms with Crippen molar-refractivity contribution in [1.29, 1.82) is 0 Å². The summed E-state index contributed by atoms with van der Waals surface area (Å²) in [6.07, 6.45) is 0. The Morgan fingerprint density at radius 3 is 2.20 bits per heavy atom. The van der Waals surface area contributed by atoms with Crippen molar-refractivity contribution in [2.45, 2.75) is 6.92 Å². The zero-order valence-electron chi connectivity index (χ0n) is 11.7. The molecule has 104 valence electrons. The maximum absolute atomic E-state index is 6.05. The number of nitrogens with zero attached hydrogens (tertiary/aromatic N) is 3. The van der Waals surface area contributed by atoms with Gasteiger partial charge in [-0.3, -0.25) is 0 Å². The van der Waals surface area contributed by atoms with Crippen molar-refractivity contribution in [3.8, 4) is 0 Å². The standard InChI is InChI=1S/C15H16N4.ClH/c1-9-4-5-11-12(6-9)18-13-7-10(16)15(19(2)3)8-14(13)17-11;/h4-8H,16H2,1-3H3;1H. The highest BCUT2D eigenvalue weighted by Gasteiger charge is 2.07. The van der Waals surface area contributed by atoms with Crippen LogP contribution in [0.15, 0.2) is 30.3 Å². The first kappa shape index (κ1) is 14.3. The Labute approximate surface area is 124 Å². The van der Waals surface area contributed by atoms with Crippen LogP contribution in [0.4, 0.5) is 11.4 Å². The second kappa shape index (κ2) is 5.13. The van der Waals surface area contributed by atoms with Crippen LogP contribution in [-0.2, 0) is 0 Å². The lowest BCUT2D eigenvalue weighted by molar-refractivity contribution is 1.14. The number of nitrogen functional groups attached to an aromatic ring is 1. The van der Waals surface area contributed by atoms with Gasteiger partial charge >= 0.3 is 0 Å². The first-order valence-electron chi connectivity index (χ1n) is 6.19. The molecule has 1 aromatic heterocycles. The van der Waals surface area contributed by atoms with Gasteiger partial charge in [0.1, 0.15) is 0 Å². The summed E-state index contributed by atoms with van der Waals surface area (Å²) >= 11 is 0. The molecule has 0 saturated carbocycles. The first-order valence-corrected chi connectivity index (χ1v) is 6.19. The summed E-state index contributed by atoms with van der Waals surface area (Å²) in [6.45, 7) is 2.05. The third kappa shape index (κ3) is 2.34. The molecule has 0 fully saturated rings. The third-order valence-corrected chi connectivity index (χ3v) is 3.22. The minimum absolute atomic E-state index is 0. The second-order valence-corrected chi connectivity index (χ2v) is 5.01. The molecule has 1 heterocycles. The van der Waals surface area contributed by atoms with Crippen molar-refractivity contribution < 1.29 is 0 Å². The summed E-state index contributed by atoms with van der Waals surface area (Å²) in [5, 5.41) is 0. The zero-order valence-corrected chi connectivity index (χ0v) is 12.5. The minimum atomic E-state index is 0. The number of rotatable bonds is 1. The van der Waals surface area contributed by atoms with Gasteiger partial charge in [0.05, 0.1) is 33.4 Å². The summed E-state index contributed by atoms with van der Waals surface area (Å²) in [5.41, 5.74) is 12.4. The molecule has 0 atom stereocenters. The molecule has 3 rings (SSSR count). The largest absolute Gasteiger partial charge is 0.397 e. The number of halogens is 1. The Morgan fingerprint density at radius 1 is 0.900 bits per heavy atom. The third-order valence-electron chi connectivity index (χ3n) is 3.22. The maximum Gasteiger partial charge on any atom is 0.0916 e. The van der Waals surface area contributed by atoms with Crippen LogP contribution < -0.4 is 10.6 Å². The molecule has 3 aromatic rings. The number of fused-ring (bicyclic) bond motifs is 2. The van der Waals surface area contributed by atoms with Gasteiger partial charge < -0.3 is 10.6 Å². The van der Waals surface area contributed by atoms with E-state index >= 15 is 0 Å². The molecule has 0 aliphatic carbocycles. The van der Waals surface area contributed by atoms with Crippen LogP contribution in [0.25, 0.3) is 22.1 Å². The Morgan fingerprint density at radius 2 is 1.50 bits per heavy atom. The molecule has 0 bridgehead atoms. The highest BCUT2D eigenvalue weighted by atomic mass is 35.5. The van der Waals surface area contributed by atoms with Gasteiger partial charge in [-0.2, -0.15) is 0 Å². The van der Waals surface area contributed by atoms with Crippen molar-refractivity contribution in [2.75, 3.05) is 24.7 Å². The molecule has 0 amide bonds. The van der Waals surface area contributed by atoms with E-state index in [1.165, 1.54) is 5.56 Å². The molecule has 2 aromatic carbocycles. The number of aryl methyl sites for hydroxylation is 1. The summed E-state index contributed by atoms with van der Waals surface area (Å²) in [7, 11) is 3.94. The molecule has 0 aliphatic rings. The van der Waals surface area contributed by atoms with Crippen LogP contribution >= 0.6 is 12.4 Å². The van der Waals surface area contributed by atoms with E-state index in [-0.39, 0.29) is 12.4 Å². The van der Waals surface area contributed by atoms with Crippen LogP contribution in [0.3, 0.4) is 0 Å². The number of nitrogens with two attached hydrogens (primary N) is 1. The fourth-order valence-electron chi connectivity index (χ4n) is 2.23. The fourth-order valence-corrected chi connectivity index (χ4v) is 2.23. The molecule has 20 heavy (non-hydrogen) atoms. The topological polar surface area (TPSA) is 55.0 Å². The highest BCUT2D eigenvalue weighted by molar-refractivity contribution is 5.92. The molecule has 0 spiro atoms. The van der Waals surface area contributed by atoms with E-state index in [2.05, 4.69) is 16.9 Å². The van der Waals surface area contributed by atoms with Crippen LogP contribution in [-0.4, -0.2) is 24.1 Å². The average Bonchev–Trinajstić information content (AvgIpc) is 2.35. The van der Waals surface area contributed by atoms with Gasteiger partial charge in [0.25, 0.3) is 0 Å². The maximum atomic E-state index is 6.05. The SMILES string of the molecule is Cc1ccc2nc3cc(N(C)C)c(N)cc3nc2c1.Cl. The lowest BCUT2D eigenvalue weighted by Crippen LogP contribution is -2.11. The number of benzene rings is 2. The first-order chi connectivity index (χ1) is 9.04. The van der Waals surface area contributed by atoms with Gasteiger partial charge in [0.15, 0.2) is 0 Å². The average molecular weight is 289 g/mol. The fraction of sp³-hybridized carbons (Fsp3) is 0.200. The van der Waals surface area contributed by atoms with Crippen LogP contribution in [0, 0.1) is 6.92 Å². The van der Waals surface area contributed by atoms with E-state index in [0.717, 1.165) is 33.4 Å². The molecule has 0 saturated heterocycles. The van der Waals surface area contributed by atoms with Crippen LogP contribution in [0.1, 0.15) is 5.56 Å². The number of aromatic nitrogens is 2. The predicted molar refractivity (Wildman–Crippen MR) is 87.8 cm³/mol. The van der Waals surface area contributed by atoms with Crippen LogP contribution in [0.2, 0.25) is 0 Å². The van der Waals surface area contributed by atoms with Gasteiger partial charge in [-0.05, 0) is 36.8 Å². The molecule has 0 aliphatic heterocycles. The van der Waals surface area contributed by atoms with Crippen molar-refractivity contribution in [3.05, 3.63) is 35.9 Å². The minimum Gasteiger partial charge on any atom is -0.397 e. The molecule has 2 N–H and O–H groups in total. The zero-order chi connectivity index (χ0) is 13.6. The molecule has 0 radical (unpaired) electrons. The molecule has 4 nitrogen and oxygen atoms in total. The van der Waals surface area contributed by atoms with Crippen molar-refractivity contribution >= 4 is 45.8 Å². The summed E-state index contributed by atoms with van der Waals surface area (Å²) < 4.78 is 0. The number of hydrogen-bond donors (Lipinski definition) is 1. The van der Waals surface area contributed by atoms with E-state index in [1.807, 2.05) is 49.3 Å². The Bertz CT molecular complexity index is 784. The van der Waals surface area contributed by atoms with E-state index in [1.54, 1.807) is 0 Å². The summed E-state index contributed by atoms with van der Waals surface area (Å²) in [5.74, 6) is 0. The van der Waals surface area contributed by atoms with Gasteiger partial charge in [-0.15, -0.1) is 12.4 Å². The lowest BCUT2D eigenvalue weighted by atomic mass is 10.2. The summed E-state index contributed by atoms with van der Waals surface area (Å²) in [6, 6.07) is 9.96. The van der Waals surface area contributed by atoms with Crippen molar-refractivity contribution in [2.24, 2.45) is 0 Å². The van der Waals surface area contributed by atoms with Gasteiger partial charge in [0, 0.05) is 14.1 Å². The Balaban J connectivity index is 0.00000147. The van der Waals surface area contributed by atoms with Crippen LogP contribution in [0.5, 0.6) is 0 Å². The van der Waals surface area contributed by atoms with Crippen molar-refractivity contribution in [3.63, 3.8) is 0 Å². The molecular weight excluding hydrogens is 272 g/mol. The highest BCUT2D eigenvalue weighted by Crippen LogP contribution is 2.27. The van der Waals surface area contributed by atoms with Gasteiger partial charge in [-0.1, -0.05) is 6.07 Å². The lowest BCUT2D eigenvalue weighted by Gasteiger charge is -2.15. The Hall–Kier alpha value is -2.07. The summed E-state index contributed by atoms with van der Waals surface area (Å²) in [4.78, 5) is 11.3. The Kier molecular flexibility index (Phi) is 3.68.